The van der Waals surface area contributed by atoms with Crippen molar-refractivity contribution in [3.8, 4) is 0 Å². The van der Waals surface area contributed by atoms with Crippen molar-refractivity contribution in [2.75, 3.05) is 12.3 Å². The standard InChI is InChI=1S/C14H20BrN3O/c15-11-8-12(13(16)18-9-11)14(19)17-7-6-10-4-2-1-3-5-10/h8-10H,1-7H2,(H2,16,18)(H,17,19). The van der Waals surface area contributed by atoms with Gasteiger partial charge >= 0.3 is 0 Å². The predicted octanol–water partition coefficient (Wildman–Crippen LogP) is 3.13. The summed E-state index contributed by atoms with van der Waals surface area (Å²) in [7, 11) is 0. The van der Waals surface area contributed by atoms with E-state index in [1.54, 1.807) is 12.3 Å². The summed E-state index contributed by atoms with van der Waals surface area (Å²) in [5.41, 5.74) is 6.15. The first-order chi connectivity index (χ1) is 9.16. The van der Waals surface area contributed by atoms with Crippen LogP contribution < -0.4 is 11.1 Å². The number of hydrogen-bond acceptors (Lipinski definition) is 3. The molecule has 0 saturated heterocycles. The molecule has 1 aromatic heterocycles. The van der Waals surface area contributed by atoms with Gasteiger partial charge in [0.1, 0.15) is 5.82 Å². The summed E-state index contributed by atoms with van der Waals surface area (Å²) in [6.07, 6.45) is 9.29. The number of pyridine rings is 1. The molecule has 1 aliphatic rings. The Morgan fingerprint density at radius 2 is 2.16 bits per heavy atom. The largest absolute Gasteiger partial charge is 0.383 e. The lowest BCUT2D eigenvalue weighted by Crippen LogP contribution is -2.27. The lowest BCUT2D eigenvalue weighted by atomic mass is 9.87. The van der Waals surface area contributed by atoms with Crippen molar-refractivity contribution in [2.24, 2.45) is 5.92 Å². The second kappa shape index (κ2) is 6.89. The number of halogens is 1. The summed E-state index contributed by atoms with van der Waals surface area (Å²) in [4.78, 5) is 16.0. The molecule has 0 bridgehead atoms. The van der Waals surface area contributed by atoms with Crippen molar-refractivity contribution >= 4 is 27.7 Å². The molecule has 2 rings (SSSR count). The fourth-order valence-electron chi connectivity index (χ4n) is 2.59. The summed E-state index contributed by atoms with van der Waals surface area (Å²) >= 11 is 3.30. The van der Waals surface area contributed by atoms with Crippen LogP contribution in [0.25, 0.3) is 0 Å². The Morgan fingerprint density at radius 1 is 1.42 bits per heavy atom. The van der Waals surface area contributed by atoms with Gasteiger partial charge < -0.3 is 11.1 Å². The van der Waals surface area contributed by atoms with E-state index in [9.17, 15) is 4.79 Å². The summed E-state index contributed by atoms with van der Waals surface area (Å²) in [6, 6.07) is 1.71. The predicted molar refractivity (Wildman–Crippen MR) is 79.9 cm³/mol. The second-order valence-electron chi connectivity index (χ2n) is 5.13. The SMILES string of the molecule is Nc1ncc(Br)cc1C(=O)NCCC1CCCCC1. The number of nitrogens with zero attached hydrogens (tertiary/aromatic N) is 1. The highest BCUT2D eigenvalue weighted by Gasteiger charge is 2.15. The lowest BCUT2D eigenvalue weighted by molar-refractivity contribution is 0.0951. The van der Waals surface area contributed by atoms with Gasteiger partial charge in [0.25, 0.3) is 5.91 Å². The summed E-state index contributed by atoms with van der Waals surface area (Å²) in [6.45, 7) is 0.718. The molecule has 0 unspecified atom stereocenters. The topological polar surface area (TPSA) is 68.0 Å². The molecule has 1 saturated carbocycles. The van der Waals surface area contributed by atoms with Crippen molar-refractivity contribution < 1.29 is 4.79 Å². The number of aromatic nitrogens is 1. The van der Waals surface area contributed by atoms with Gasteiger partial charge in [-0.1, -0.05) is 32.1 Å². The molecule has 1 fully saturated rings. The van der Waals surface area contributed by atoms with Gasteiger partial charge in [0, 0.05) is 17.2 Å². The number of carbonyl (C=O) groups is 1. The first-order valence-electron chi connectivity index (χ1n) is 6.86. The minimum Gasteiger partial charge on any atom is -0.383 e. The van der Waals surface area contributed by atoms with E-state index in [-0.39, 0.29) is 11.7 Å². The molecule has 0 spiro atoms. The summed E-state index contributed by atoms with van der Waals surface area (Å²) in [5.74, 6) is 0.910. The van der Waals surface area contributed by atoms with Crippen molar-refractivity contribution in [1.29, 1.82) is 0 Å². The lowest BCUT2D eigenvalue weighted by Gasteiger charge is -2.21. The molecule has 4 nitrogen and oxygen atoms in total. The number of nitrogens with one attached hydrogen (secondary N) is 1. The molecule has 0 aromatic carbocycles. The van der Waals surface area contributed by atoms with Gasteiger partial charge in [0.05, 0.1) is 5.56 Å². The van der Waals surface area contributed by atoms with Gasteiger partial charge in [0.2, 0.25) is 0 Å². The first kappa shape index (κ1) is 14.3. The Balaban J connectivity index is 1.82. The summed E-state index contributed by atoms with van der Waals surface area (Å²) < 4.78 is 0.763. The van der Waals surface area contributed by atoms with Gasteiger partial charge in [-0.15, -0.1) is 0 Å². The van der Waals surface area contributed by atoms with Crippen LogP contribution in [-0.4, -0.2) is 17.4 Å². The molecule has 1 amide bonds. The second-order valence-corrected chi connectivity index (χ2v) is 6.05. The minimum atomic E-state index is -0.137. The number of rotatable bonds is 4. The van der Waals surface area contributed by atoms with Crippen LogP contribution in [0.5, 0.6) is 0 Å². The molecular weight excluding hydrogens is 306 g/mol. The van der Waals surface area contributed by atoms with E-state index in [4.69, 9.17) is 5.73 Å². The Morgan fingerprint density at radius 3 is 2.89 bits per heavy atom. The van der Waals surface area contributed by atoms with Gasteiger partial charge in [-0.3, -0.25) is 4.79 Å². The van der Waals surface area contributed by atoms with Crippen LogP contribution in [0.2, 0.25) is 0 Å². The molecule has 104 valence electrons. The fourth-order valence-corrected chi connectivity index (χ4v) is 2.92. The number of anilines is 1. The Labute approximate surface area is 122 Å². The van der Waals surface area contributed by atoms with Crippen LogP contribution >= 0.6 is 15.9 Å². The smallest absolute Gasteiger partial charge is 0.255 e. The third-order valence-corrected chi connectivity index (χ3v) is 4.13. The number of hydrogen-bond donors (Lipinski definition) is 2. The normalized spacial score (nSPS) is 16.3. The van der Waals surface area contributed by atoms with E-state index in [0.29, 0.717) is 5.56 Å². The fraction of sp³-hybridized carbons (Fsp3) is 0.571. The highest BCUT2D eigenvalue weighted by Crippen LogP contribution is 2.25. The molecule has 5 heteroatoms. The van der Waals surface area contributed by atoms with Gasteiger partial charge in [0.15, 0.2) is 0 Å². The van der Waals surface area contributed by atoms with E-state index in [0.717, 1.165) is 23.4 Å². The quantitative estimate of drug-likeness (QED) is 0.893. The van der Waals surface area contributed by atoms with E-state index < -0.39 is 0 Å². The molecule has 3 N–H and O–H groups in total. The maximum Gasteiger partial charge on any atom is 0.255 e. The van der Waals surface area contributed by atoms with E-state index in [1.807, 2.05) is 0 Å². The number of nitrogen functional groups attached to an aromatic ring is 1. The molecule has 1 heterocycles. The average molecular weight is 326 g/mol. The summed E-state index contributed by atoms with van der Waals surface area (Å²) in [5, 5.41) is 2.93. The monoisotopic (exact) mass is 325 g/mol. The maximum atomic E-state index is 12.0. The van der Waals surface area contributed by atoms with Crippen LogP contribution in [0.15, 0.2) is 16.7 Å². The number of nitrogens with two attached hydrogens (primary N) is 1. The first-order valence-corrected chi connectivity index (χ1v) is 7.65. The minimum absolute atomic E-state index is 0.137. The molecule has 1 aromatic rings. The van der Waals surface area contributed by atoms with Crippen molar-refractivity contribution in [3.63, 3.8) is 0 Å². The zero-order chi connectivity index (χ0) is 13.7. The van der Waals surface area contributed by atoms with Crippen LogP contribution in [-0.2, 0) is 0 Å². The van der Waals surface area contributed by atoms with Crippen LogP contribution in [0, 0.1) is 5.92 Å². The number of amides is 1. The third kappa shape index (κ3) is 4.20. The van der Waals surface area contributed by atoms with E-state index >= 15 is 0 Å². The van der Waals surface area contributed by atoms with Gasteiger partial charge in [-0.25, -0.2) is 4.98 Å². The Hall–Kier alpha value is -1.10. The highest BCUT2D eigenvalue weighted by atomic mass is 79.9. The average Bonchev–Trinajstić information content (AvgIpc) is 2.42. The molecule has 0 aliphatic heterocycles. The zero-order valence-corrected chi connectivity index (χ0v) is 12.6. The molecular formula is C14H20BrN3O. The van der Waals surface area contributed by atoms with E-state index in [2.05, 4.69) is 26.2 Å². The van der Waals surface area contributed by atoms with Crippen LogP contribution in [0.4, 0.5) is 5.82 Å². The number of carbonyl (C=O) groups excluding carboxylic acids is 1. The van der Waals surface area contributed by atoms with Crippen molar-refractivity contribution in [2.45, 2.75) is 38.5 Å². The van der Waals surface area contributed by atoms with E-state index in [1.165, 1.54) is 32.1 Å². The van der Waals surface area contributed by atoms with Gasteiger partial charge in [-0.2, -0.15) is 0 Å². The Kier molecular flexibility index (Phi) is 5.19. The third-order valence-electron chi connectivity index (χ3n) is 3.69. The van der Waals surface area contributed by atoms with Crippen LogP contribution in [0.3, 0.4) is 0 Å². The van der Waals surface area contributed by atoms with Crippen molar-refractivity contribution in [3.05, 3.63) is 22.3 Å². The highest BCUT2D eigenvalue weighted by molar-refractivity contribution is 9.10. The molecule has 19 heavy (non-hydrogen) atoms. The zero-order valence-electron chi connectivity index (χ0n) is 11.0. The Bertz CT molecular complexity index is 444. The molecule has 1 aliphatic carbocycles. The van der Waals surface area contributed by atoms with Crippen molar-refractivity contribution in [1.82, 2.24) is 10.3 Å². The van der Waals surface area contributed by atoms with Crippen LogP contribution in [0.1, 0.15) is 48.9 Å². The maximum absolute atomic E-state index is 12.0. The molecule has 0 atom stereocenters. The molecule has 0 radical (unpaired) electrons. The van der Waals surface area contributed by atoms with Gasteiger partial charge in [-0.05, 0) is 34.3 Å².